The molecule has 0 aromatic heterocycles. The van der Waals surface area contributed by atoms with E-state index in [-0.39, 0.29) is 42.9 Å². The van der Waals surface area contributed by atoms with E-state index in [1.807, 2.05) is 13.8 Å². The maximum Gasteiger partial charge on any atom is 0.391 e. The number of nitrogens with two attached hydrogens (primary N) is 1. The summed E-state index contributed by atoms with van der Waals surface area (Å²) in [5.41, 5.74) is 5.88. The lowest BCUT2D eigenvalue weighted by molar-refractivity contribution is -0.195. The van der Waals surface area contributed by atoms with E-state index in [9.17, 15) is 13.2 Å². The molecule has 2 N–H and O–H groups in total. The van der Waals surface area contributed by atoms with Crippen LogP contribution in [-0.2, 0) is 4.74 Å². The third-order valence-electron chi connectivity index (χ3n) is 4.20. The molecule has 94 valence electrons. The molecule has 6 atom stereocenters. The van der Waals surface area contributed by atoms with E-state index in [1.54, 1.807) is 0 Å². The molecule has 1 aliphatic carbocycles. The van der Waals surface area contributed by atoms with Crippen molar-refractivity contribution in [3.05, 3.63) is 0 Å². The van der Waals surface area contributed by atoms with E-state index in [2.05, 4.69) is 0 Å². The van der Waals surface area contributed by atoms with Crippen LogP contribution in [0.5, 0.6) is 0 Å². The van der Waals surface area contributed by atoms with Crippen molar-refractivity contribution in [2.45, 2.75) is 51.1 Å². The van der Waals surface area contributed by atoms with Crippen LogP contribution in [0.25, 0.3) is 0 Å². The van der Waals surface area contributed by atoms with E-state index < -0.39 is 12.1 Å². The minimum absolute atomic E-state index is 0.0213. The molecule has 0 aromatic rings. The zero-order chi connectivity index (χ0) is 12.1. The lowest BCUT2D eigenvalue weighted by Crippen LogP contribution is -2.48. The van der Waals surface area contributed by atoms with Crippen molar-refractivity contribution in [2.24, 2.45) is 23.5 Å². The quantitative estimate of drug-likeness (QED) is 0.701. The summed E-state index contributed by atoms with van der Waals surface area (Å²) in [4.78, 5) is 0. The molecule has 2 fully saturated rings. The molecule has 5 heteroatoms. The van der Waals surface area contributed by atoms with Gasteiger partial charge in [0.25, 0.3) is 0 Å². The van der Waals surface area contributed by atoms with Gasteiger partial charge in [0, 0.05) is 12.0 Å². The van der Waals surface area contributed by atoms with Crippen LogP contribution in [0.4, 0.5) is 13.2 Å². The van der Waals surface area contributed by atoms with Gasteiger partial charge in [0.15, 0.2) is 0 Å². The number of hydrogen-bond acceptors (Lipinski definition) is 2. The Bertz CT molecular complexity index is 268. The molecule has 1 aliphatic heterocycles. The van der Waals surface area contributed by atoms with Gasteiger partial charge in [0.05, 0.1) is 18.1 Å². The van der Waals surface area contributed by atoms with E-state index in [0.29, 0.717) is 0 Å². The van der Waals surface area contributed by atoms with Crippen molar-refractivity contribution >= 4 is 0 Å². The van der Waals surface area contributed by atoms with Crippen molar-refractivity contribution < 1.29 is 17.9 Å². The van der Waals surface area contributed by atoms with Gasteiger partial charge in [0.1, 0.15) is 0 Å². The molecule has 0 unspecified atom stereocenters. The lowest BCUT2D eigenvalue weighted by Gasteiger charge is -2.37. The summed E-state index contributed by atoms with van der Waals surface area (Å²) in [5.74, 6) is -0.941. The second kappa shape index (κ2) is 3.88. The highest BCUT2D eigenvalue weighted by Gasteiger charge is 2.53. The van der Waals surface area contributed by atoms with Crippen LogP contribution in [-0.4, -0.2) is 24.4 Å². The van der Waals surface area contributed by atoms with E-state index >= 15 is 0 Å². The molecule has 1 saturated carbocycles. The van der Waals surface area contributed by atoms with Gasteiger partial charge in [-0.15, -0.1) is 0 Å². The van der Waals surface area contributed by atoms with Crippen LogP contribution < -0.4 is 5.73 Å². The predicted octanol–water partition coefficient (Wildman–Crippen LogP) is 2.33. The van der Waals surface area contributed by atoms with Crippen LogP contribution in [0.2, 0.25) is 0 Å². The fourth-order valence-corrected chi connectivity index (χ4v) is 3.15. The molecule has 2 aliphatic rings. The van der Waals surface area contributed by atoms with Crippen LogP contribution in [0.15, 0.2) is 0 Å². The van der Waals surface area contributed by atoms with Crippen molar-refractivity contribution in [1.82, 2.24) is 0 Å². The molecule has 0 radical (unpaired) electrons. The SMILES string of the molecule is C[C@H]1[C@H]2[C@H](N)C[C@H](C(F)(F)F)C[C@H]2O[C@@H]1C. The number of fused-ring (bicyclic) bond motifs is 1. The Kier molecular flexibility index (Phi) is 2.95. The minimum Gasteiger partial charge on any atom is -0.375 e. The number of alkyl halides is 3. The summed E-state index contributed by atoms with van der Waals surface area (Å²) in [6.07, 6.45) is -4.30. The third-order valence-corrected chi connectivity index (χ3v) is 4.20. The average Bonchev–Trinajstić information content (AvgIpc) is 2.41. The van der Waals surface area contributed by atoms with Crippen LogP contribution in [0, 0.1) is 17.8 Å². The Morgan fingerprint density at radius 1 is 1.19 bits per heavy atom. The highest BCUT2D eigenvalue weighted by Crippen LogP contribution is 2.46. The highest BCUT2D eigenvalue weighted by molar-refractivity contribution is 4.98. The predicted molar refractivity (Wildman–Crippen MR) is 53.7 cm³/mol. The monoisotopic (exact) mass is 237 g/mol. The van der Waals surface area contributed by atoms with Gasteiger partial charge in [-0.25, -0.2) is 0 Å². The summed E-state index contributed by atoms with van der Waals surface area (Å²) in [6, 6.07) is -0.384. The lowest BCUT2D eigenvalue weighted by atomic mass is 9.72. The summed E-state index contributed by atoms with van der Waals surface area (Å²) in [5, 5.41) is 0. The van der Waals surface area contributed by atoms with Gasteiger partial charge in [-0.05, 0) is 25.7 Å². The normalized spacial score (nSPS) is 49.1. The van der Waals surface area contributed by atoms with Crippen LogP contribution in [0.3, 0.4) is 0 Å². The Labute approximate surface area is 93.3 Å². The summed E-state index contributed by atoms with van der Waals surface area (Å²) in [7, 11) is 0. The van der Waals surface area contributed by atoms with Gasteiger partial charge in [0.2, 0.25) is 0 Å². The molecule has 0 bridgehead atoms. The zero-order valence-corrected chi connectivity index (χ0v) is 9.50. The van der Waals surface area contributed by atoms with E-state index in [1.165, 1.54) is 0 Å². The molecule has 0 spiro atoms. The Morgan fingerprint density at radius 2 is 1.81 bits per heavy atom. The van der Waals surface area contributed by atoms with Crippen molar-refractivity contribution in [3.63, 3.8) is 0 Å². The first-order valence-corrected chi connectivity index (χ1v) is 5.78. The first-order chi connectivity index (χ1) is 7.30. The average molecular weight is 237 g/mol. The second-order valence-electron chi connectivity index (χ2n) is 5.19. The van der Waals surface area contributed by atoms with Gasteiger partial charge in [-0.3, -0.25) is 0 Å². The zero-order valence-electron chi connectivity index (χ0n) is 9.50. The molecule has 16 heavy (non-hydrogen) atoms. The van der Waals surface area contributed by atoms with Gasteiger partial charge in [-0.2, -0.15) is 13.2 Å². The van der Waals surface area contributed by atoms with Crippen molar-refractivity contribution in [2.75, 3.05) is 0 Å². The first kappa shape index (κ1) is 12.2. The summed E-state index contributed by atoms with van der Waals surface area (Å²) >= 11 is 0. The van der Waals surface area contributed by atoms with Crippen molar-refractivity contribution in [3.8, 4) is 0 Å². The molecule has 1 heterocycles. The standard InChI is InChI=1S/C11H18F3NO/c1-5-6(2)16-9-4-7(11(12,13)14)3-8(15)10(5)9/h5-10H,3-4,15H2,1-2H3/t5-,6-,7+,8-,9-,10+/m1/s1. The topological polar surface area (TPSA) is 35.2 Å². The number of ether oxygens (including phenoxy) is 1. The molecular formula is C11H18F3NO. The fraction of sp³-hybridized carbons (Fsp3) is 1.00. The highest BCUT2D eigenvalue weighted by atomic mass is 19.4. The van der Waals surface area contributed by atoms with E-state index in [4.69, 9.17) is 10.5 Å². The Morgan fingerprint density at radius 3 is 2.38 bits per heavy atom. The van der Waals surface area contributed by atoms with Gasteiger partial charge in [-0.1, -0.05) is 6.92 Å². The fourth-order valence-electron chi connectivity index (χ4n) is 3.15. The number of halogens is 3. The number of rotatable bonds is 0. The molecule has 2 nitrogen and oxygen atoms in total. The van der Waals surface area contributed by atoms with Crippen molar-refractivity contribution in [1.29, 1.82) is 0 Å². The Hall–Kier alpha value is -0.290. The van der Waals surface area contributed by atoms with Crippen LogP contribution >= 0.6 is 0 Å². The maximum atomic E-state index is 12.7. The third kappa shape index (κ3) is 1.95. The second-order valence-corrected chi connectivity index (χ2v) is 5.19. The van der Waals surface area contributed by atoms with Gasteiger partial charge < -0.3 is 10.5 Å². The molecule has 0 aromatic carbocycles. The maximum absolute atomic E-state index is 12.7. The van der Waals surface area contributed by atoms with E-state index in [0.717, 1.165) is 0 Å². The summed E-state index contributed by atoms with van der Waals surface area (Å²) < 4.78 is 43.6. The largest absolute Gasteiger partial charge is 0.391 e. The summed E-state index contributed by atoms with van der Waals surface area (Å²) in [6.45, 7) is 3.93. The smallest absolute Gasteiger partial charge is 0.375 e. The van der Waals surface area contributed by atoms with Gasteiger partial charge >= 0.3 is 6.18 Å². The number of hydrogen-bond donors (Lipinski definition) is 1. The molecule has 1 saturated heterocycles. The minimum atomic E-state index is -4.14. The molecular weight excluding hydrogens is 219 g/mol. The molecule has 0 amide bonds. The molecule has 2 rings (SSSR count). The Balaban J connectivity index is 2.12. The van der Waals surface area contributed by atoms with Crippen LogP contribution in [0.1, 0.15) is 26.7 Å². The first-order valence-electron chi connectivity index (χ1n) is 5.78.